The molecule has 0 fully saturated rings. The Morgan fingerprint density at radius 1 is 1.04 bits per heavy atom. The first-order valence-corrected chi connectivity index (χ1v) is 7.52. The molecular formula is C19H19NO4. The van der Waals surface area contributed by atoms with E-state index in [1.54, 1.807) is 32.4 Å². The molecule has 5 nitrogen and oxygen atoms in total. The van der Waals surface area contributed by atoms with Crippen LogP contribution in [-0.2, 0) is 22.6 Å². The molecular weight excluding hydrogens is 306 g/mol. The number of nitriles is 1. The molecule has 0 spiro atoms. The van der Waals surface area contributed by atoms with E-state index in [-0.39, 0.29) is 19.0 Å². The van der Waals surface area contributed by atoms with E-state index >= 15 is 0 Å². The fourth-order valence-corrected chi connectivity index (χ4v) is 2.25. The van der Waals surface area contributed by atoms with Crippen molar-refractivity contribution < 1.29 is 19.0 Å². The van der Waals surface area contributed by atoms with Crippen LogP contribution in [0.3, 0.4) is 0 Å². The van der Waals surface area contributed by atoms with Gasteiger partial charge in [-0.05, 0) is 41.8 Å². The Balaban J connectivity index is 1.86. The monoisotopic (exact) mass is 325 g/mol. The molecule has 0 atom stereocenters. The molecule has 0 radical (unpaired) electrons. The summed E-state index contributed by atoms with van der Waals surface area (Å²) in [7, 11) is 3.15. The molecule has 2 aromatic carbocycles. The Bertz CT molecular complexity index is 749. The van der Waals surface area contributed by atoms with Gasteiger partial charge >= 0.3 is 5.97 Å². The van der Waals surface area contributed by atoms with Gasteiger partial charge in [-0.2, -0.15) is 5.26 Å². The number of nitrogens with zero attached hydrogens (tertiary/aromatic N) is 1. The maximum absolute atomic E-state index is 11.9. The van der Waals surface area contributed by atoms with E-state index in [4.69, 9.17) is 19.5 Å². The Hall–Kier alpha value is -3.00. The van der Waals surface area contributed by atoms with Crippen molar-refractivity contribution in [3.8, 4) is 17.6 Å². The largest absolute Gasteiger partial charge is 0.493 e. The number of benzene rings is 2. The third-order valence-corrected chi connectivity index (χ3v) is 3.52. The van der Waals surface area contributed by atoms with Crippen molar-refractivity contribution in [2.75, 3.05) is 14.2 Å². The molecule has 0 bridgehead atoms. The fourth-order valence-electron chi connectivity index (χ4n) is 2.25. The Morgan fingerprint density at radius 3 is 2.54 bits per heavy atom. The number of carbonyl (C=O) groups is 1. The highest BCUT2D eigenvalue weighted by Gasteiger charge is 2.08. The SMILES string of the molecule is COc1ccc(CCC(=O)OCc2cccc(C#N)c2)cc1OC. The van der Waals surface area contributed by atoms with Crippen molar-refractivity contribution >= 4 is 5.97 Å². The van der Waals surface area contributed by atoms with Crippen LogP contribution in [0.4, 0.5) is 0 Å². The van der Waals surface area contributed by atoms with E-state index in [1.165, 1.54) is 0 Å². The zero-order valence-corrected chi connectivity index (χ0v) is 13.7. The third kappa shape index (κ3) is 4.75. The zero-order chi connectivity index (χ0) is 17.4. The van der Waals surface area contributed by atoms with Crippen LogP contribution in [0.1, 0.15) is 23.1 Å². The predicted octanol–water partition coefficient (Wildman–Crippen LogP) is 3.25. The van der Waals surface area contributed by atoms with Gasteiger partial charge in [-0.25, -0.2) is 0 Å². The molecule has 0 aliphatic carbocycles. The lowest BCUT2D eigenvalue weighted by Crippen LogP contribution is -2.06. The summed E-state index contributed by atoms with van der Waals surface area (Å²) >= 11 is 0. The molecule has 24 heavy (non-hydrogen) atoms. The number of hydrogen-bond donors (Lipinski definition) is 0. The lowest BCUT2D eigenvalue weighted by Gasteiger charge is -2.09. The molecule has 0 aliphatic heterocycles. The summed E-state index contributed by atoms with van der Waals surface area (Å²) in [6.07, 6.45) is 0.824. The number of aryl methyl sites for hydroxylation is 1. The second-order valence-electron chi connectivity index (χ2n) is 5.16. The summed E-state index contributed by atoms with van der Waals surface area (Å²) in [4.78, 5) is 11.9. The van der Waals surface area contributed by atoms with Crippen LogP contribution >= 0.6 is 0 Å². The van der Waals surface area contributed by atoms with Crippen LogP contribution in [0.25, 0.3) is 0 Å². The summed E-state index contributed by atoms with van der Waals surface area (Å²) in [6.45, 7) is 0.167. The lowest BCUT2D eigenvalue weighted by atomic mass is 10.1. The van der Waals surface area contributed by atoms with Crippen molar-refractivity contribution in [1.29, 1.82) is 5.26 Å². The van der Waals surface area contributed by atoms with Crippen molar-refractivity contribution in [2.45, 2.75) is 19.4 Å². The van der Waals surface area contributed by atoms with E-state index in [1.807, 2.05) is 24.3 Å². The highest BCUT2D eigenvalue weighted by Crippen LogP contribution is 2.28. The first-order valence-electron chi connectivity index (χ1n) is 7.52. The normalized spacial score (nSPS) is 9.88. The molecule has 0 unspecified atom stereocenters. The maximum Gasteiger partial charge on any atom is 0.306 e. The zero-order valence-electron chi connectivity index (χ0n) is 13.7. The van der Waals surface area contributed by atoms with Gasteiger partial charge in [0.25, 0.3) is 0 Å². The van der Waals surface area contributed by atoms with Crippen molar-refractivity contribution in [3.63, 3.8) is 0 Å². The van der Waals surface area contributed by atoms with Gasteiger partial charge in [0.05, 0.1) is 25.9 Å². The average Bonchev–Trinajstić information content (AvgIpc) is 2.64. The van der Waals surface area contributed by atoms with Gasteiger partial charge in [0.2, 0.25) is 0 Å². The van der Waals surface area contributed by atoms with Gasteiger partial charge in [-0.1, -0.05) is 18.2 Å². The number of hydrogen-bond acceptors (Lipinski definition) is 5. The minimum Gasteiger partial charge on any atom is -0.493 e. The van der Waals surface area contributed by atoms with Gasteiger partial charge in [0.15, 0.2) is 11.5 Å². The molecule has 2 aromatic rings. The quantitative estimate of drug-likeness (QED) is 0.731. The Labute approximate surface area is 141 Å². The number of rotatable bonds is 7. The van der Waals surface area contributed by atoms with E-state index in [9.17, 15) is 4.79 Å². The molecule has 0 aliphatic rings. The van der Waals surface area contributed by atoms with Crippen LogP contribution in [-0.4, -0.2) is 20.2 Å². The smallest absolute Gasteiger partial charge is 0.306 e. The summed E-state index contributed by atoms with van der Waals surface area (Å²) in [5, 5.41) is 8.85. The van der Waals surface area contributed by atoms with Crippen molar-refractivity contribution in [1.82, 2.24) is 0 Å². The molecule has 0 aromatic heterocycles. The van der Waals surface area contributed by atoms with Gasteiger partial charge in [0.1, 0.15) is 6.61 Å². The molecule has 2 rings (SSSR count). The van der Waals surface area contributed by atoms with E-state index in [0.717, 1.165) is 11.1 Å². The van der Waals surface area contributed by atoms with E-state index < -0.39 is 0 Å². The van der Waals surface area contributed by atoms with Gasteiger partial charge in [-0.3, -0.25) is 4.79 Å². The average molecular weight is 325 g/mol. The molecule has 5 heteroatoms. The highest BCUT2D eigenvalue weighted by atomic mass is 16.5. The van der Waals surface area contributed by atoms with Gasteiger partial charge in [-0.15, -0.1) is 0 Å². The molecule has 0 heterocycles. The van der Waals surface area contributed by atoms with Crippen molar-refractivity contribution in [3.05, 3.63) is 59.2 Å². The third-order valence-electron chi connectivity index (χ3n) is 3.52. The summed E-state index contributed by atoms with van der Waals surface area (Å²) < 4.78 is 15.7. The van der Waals surface area contributed by atoms with Gasteiger partial charge in [0, 0.05) is 6.42 Å². The standard InChI is InChI=1S/C19H19NO4/c1-22-17-8-6-14(11-18(17)23-2)7-9-19(21)24-13-16-5-3-4-15(10-16)12-20/h3-6,8,10-11H,7,9,13H2,1-2H3. The first-order chi connectivity index (χ1) is 11.7. The first kappa shape index (κ1) is 17.4. The molecule has 0 amide bonds. The minimum absolute atomic E-state index is 0.167. The predicted molar refractivity (Wildman–Crippen MR) is 88.8 cm³/mol. The van der Waals surface area contributed by atoms with Crippen LogP contribution in [0.15, 0.2) is 42.5 Å². The molecule has 0 N–H and O–H groups in total. The van der Waals surface area contributed by atoms with Crippen molar-refractivity contribution in [2.24, 2.45) is 0 Å². The minimum atomic E-state index is -0.285. The maximum atomic E-state index is 11.9. The molecule has 0 saturated heterocycles. The van der Waals surface area contributed by atoms with Crippen LogP contribution in [0.5, 0.6) is 11.5 Å². The Kier molecular flexibility index (Phi) is 6.21. The number of esters is 1. The number of ether oxygens (including phenoxy) is 3. The summed E-state index contributed by atoms with van der Waals surface area (Å²) in [6, 6.07) is 14.6. The molecule has 0 saturated carbocycles. The fraction of sp³-hybridized carbons (Fsp3) is 0.263. The molecule has 124 valence electrons. The van der Waals surface area contributed by atoms with E-state index in [2.05, 4.69) is 6.07 Å². The van der Waals surface area contributed by atoms with Crippen LogP contribution in [0.2, 0.25) is 0 Å². The van der Waals surface area contributed by atoms with Crippen LogP contribution < -0.4 is 9.47 Å². The number of carbonyl (C=O) groups excluding carboxylic acids is 1. The second-order valence-corrected chi connectivity index (χ2v) is 5.16. The summed E-state index contributed by atoms with van der Waals surface area (Å²) in [5.74, 6) is 1.00. The second kappa shape index (κ2) is 8.59. The van der Waals surface area contributed by atoms with E-state index in [0.29, 0.717) is 23.5 Å². The number of methoxy groups -OCH3 is 2. The lowest BCUT2D eigenvalue weighted by molar-refractivity contribution is -0.144. The highest BCUT2D eigenvalue weighted by molar-refractivity contribution is 5.69. The topological polar surface area (TPSA) is 68.5 Å². The Morgan fingerprint density at radius 2 is 1.83 bits per heavy atom. The van der Waals surface area contributed by atoms with Crippen LogP contribution in [0, 0.1) is 11.3 Å². The summed E-state index contributed by atoms with van der Waals surface area (Å²) in [5.41, 5.74) is 2.32. The van der Waals surface area contributed by atoms with Gasteiger partial charge < -0.3 is 14.2 Å².